The zero-order valence-corrected chi connectivity index (χ0v) is 6.02. The van der Waals surface area contributed by atoms with Crippen molar-refractivity contribution in [2.45, 2.75) is 11.5 Å². The Morgan fingerprint density at radius 1 is 1.38 bits per heavy atom. The largest absolute Gasteiger partial charge is 0.152 e. The maximum atomic E-state index is 2.24. The predicted octanol–water partition coefficient (Wildman–Crippen LogP) is 2.49. The van der Waals surface area contributed by atoms with Crippen LogP contribution in [0.5, 0.6) is 0 Å². The van der Waals surface area contributed by atoms with E-state index in [0.29, 0.717) is 0 Å². The first-order valence-corrected chi connectivity index (χ1v) is 4.63. The maximum Gasteiger partial charge on any atom is 0.0285 e. The number of rotatable bonds is 0. The van der Waals surface area contributed by atoms with Crippen molar-refractivity contribution in [1.29, 1.82) is 0 Å². The molecule has 1 aliphatic heterocycles. The van der Waals surface area contributed by atoms with Gasteiger partial charge in [-0.3, -0.25) is 0 Å². The van der Waals surface area contributed by atoms with Crippen molar-refractivity contribution in [3.8, 4) is 0 Å². The maximum absolute atomic E-state index is 2.24. The summed E-state index contributed by atoms with van der Waals surface area (Å²) in [7, 11) is 0. The Balaban J connectivity index is 2.54. The monoisotopic (exact) mass is 142 g/mol. The van der Waals surface area contributed by atoms with Crippen LogP contribution >= 0.6 is 23.1 Å². The molecule has 0 radical (unpaired) electrons. The van der Waals surface area contributed by atoms with Gasteiger partial charge < -0.3 is 0 Å². The molecular weight excluding hydrogens is 136 g/mol. The van der Waals surface area contributed by atoms with Gasteiger partial charge in [-0.1, -0.05) is 0 Å². The van der Waals surface area contributed by atoms with Crippen molar-refractivity contribution in [2.24, 2.45) is 0 Å². The molecule has 0 aromatic carbocycles. The first-order chi connectivity index (χ1) is 3.97. The second-order valence-electron chi connectivity index (χ2n) is 1.86. The molecule has 0 amide bonds. The van der Waals surface area contributed by atoms with Crippen LogP contribution in [0.2, 0.25) is 0 Å². The summed E-state index contributed by atoms with van der Waals surface area (Å²) in [4.78, 5) is 1.59. The molecular formula is C6H6S2. The van der Waals surface area contributed by atoms with Crippen molar-refractivity contribution in [2.75, 3.05) is 0 Å². The lowest BCUT2D eigenvalue weighted by molar-refractivity contribution is 1.45. The van der Waals surface area contributed by atoms with Crippen LogP contribution in [-0.2, 0) is 11.5 Å². The molecule has 8 heavy (non-hydrogen) atoms. The average Bonchev–Trinajstić information content (AvgIpc) is 2.15. The highest BCUT2D eigenvalue weighted by Gasteiger charge is 2.10. The molecule has 0 aliphatic carbocycles. The van der Waals surface area contributed by atoms with E-state index in [9.17, 15) is 0 Å². The van der Waals surface area contributed by atoms with Crippen molar-refractivity contribution >= 4 is 23.1 Å². The summed E-state index contributed by atoms with van der Waals surface area (Å²) in [6, 6.07) is 2.24. The molecule has 0 fully saturated rings. The topological polar surface area (TPSA) is 0 Å². The van der Waals surface area contributed by atoms with Gasteiger partial charge in [-0.05, 0) is 17.0 Å². The fourth-order valence-electron chi connectivity index (χ4n) is 0.876. The molecule has 0 saturated heterocycles. The zero-order valence-electron chi connectivity index (χ0n) is 4.39. The van der Waals surface area contributed by atoms with Gasteiger partial charge in [0.25, 0.3) is 0 Å². The van der Waals surface area contributed by atoms with Crippen molar-refractivity contribution in [3.05, 3.63) is 21.9 Å². The number of thiophene rings is 1. The van der Waals surface area contributed by atoms with E-state index >= 15 is 0 Å². The molecule has 1 aromatic heterocycles. The fraction of sp³-hybridized carbons (Fsp3) is 0.333. The van der Waals surface area contributed by atoms with Gasteiger partial charge in [0.2, 0.25) is 0 Å². The van der Waals surface area contributed by atoms with Crippen LogP contribution in [0, 0.1) is 0 Å². The Morgan fingerprint density at radius 3 is 3.25 bits per heavy atom. The molecule has 2 heteroatoms. The normalized spacial score (nSPS) is 16.5. The summed E-state index contributed by atoms with van der Waals surface area (Å²) in [5.74, 6) is 2.51. The highest BCUT2D eigenvalue weighted by Crippen LogP contribution is 2.33. The number of thioether (sulfide) groups is 1. The van der Waals surface area contributed by atoms with Gasteiger partial charge in [0.05, 0.1) is 0 Å². The van der Waals surface area contributed by atoms with E-state index in [4.69, 9.17) is 0 Å². The Kier molecular flexibility index (Phi) is 1.09. The van der Waals surface area contributed by atoms with Gasteiger partial charge in [-0.25, -0.2) is 0 Å². The Bertz CT molecular complexity index is 172. The fourth-order valence-corrected chi connectivity index (χ4v) is 3.14. The van der Waals surface area contributed by atoms with E-state index in [2.05, 4.69) is 11.4 Å². The van der Waals surface area contributed by atoms with Crippen molar-refractivity contribution in [3.63, 3.8) is 0 Å². The first kappa shape index (κ1) is 4.89. The van der Waals surface area contributed by atoms with E-state index in [1.807, 2.05) is 23.1 Å². The summed E-state index contributed by atoms with van der Waals surface area (Å²) >= 11 is 3.91. The molecule has 42 valence electrons. The van der Waals surface area contributed by atoms with Gasteiger partial charge >= 0.3 is 0 Å². The summed E-state index contributed by atoms with van der Waals surface area (Å²) in [6.07, 6.45) is 0. The summed E-state index contributed by atoms with van der Waals surface area (Å²) in [6.45, 7) is 0. The SMILES string of the molecule is c1cc2c(s1)CSC2. The van der Waals surface area contributed by atoms with E-state index < -0.39 is 0 Å². The molecule has 0 saturated carbocycles. The number of hydrogen-bond donors (Lipinski definition) is 0. The van der Waals surface area contributed by atoms with Gasteiger partial charge in [-0.15, -0.1) is 11.3 Å². The second-order valence-corrected chi connectivity index (χ2v) is 3.85. The summed E-state index contributed by atoms with van der Waals surface area (Å²) in [5.41, 5.74) is 1.57. The third-order valence-electron chi connectivity index (χ3n) is 1.33. The van der Waals surface area contributed by atoms with Gasteiger partial charge in [0.1, 0.15) is 0 Å². The lowest BCUT2D eigenvalue weighted by Crippen LogP contribution is -1.65. The van der Waals surface area contributed by atoms with Gasteiger partial charge in [0, 0.05) is 16.4 Å². The Morgan fingerprint density at radius 2 is 2.38 bits per heavy atom. The zero-order chi connectivity index (χ0) is 5.40. The van der Waals surface area contributed by atoms with Crippen LogP contribution in [0.1, 0.15) is 10.4 Å². The minimum atomic E-state index is 1.25. The van der Waals surface area contributed by atoms with E-state index in [1.165, 1.54) is 11.5 Å². The molecule has 1 aromatic rings. The van der Waals surface area contributed by atoms with Crippen LogP contribution in [0.4, 0.5) is 0 Å². The van der Waals surface area contributed by atoms with Crippen LogP contribution in [0.3, 0.4) is 0 Å². The molecule has 0 nitrogen and oxygen atoms in total. The van der Waals surface area contributed by atoms with Crippen molar-refractivity contribution in [1.82, 2.24) is 0 Å². The van der Waals surface area contributed by atoms with Crippen LogP contribution in [0.25, 0.3) is 0 Å². The minimum absolute atomic E-state index is 1.25. The van der Waals surface area contributed by atoms with Crippen LogP contribution in [0.15, 0.2) is 11.4 Å². The lowest BCUT2D eigenvalue weighted by Gasteiger charge is -1.77. The highest BCUT2D eigenvalue weighted by molar-refractivity contribution is 7.98. The van der Waals surface area contributed by atoms with E-state index in [-0.39, 0.29) is 0 Å². The third kappa shape index (κ3) is 0.599. The first-order valence-electron chi connectivity index (χ1n) is 2.60. The molecule has 0 atom stereocenters. The second kappa shape index (κ2) is 1.78. The lowest BCUT2D eigenvalue weighted by atomic mass is 10.3. The number of hydrogen-bond acceptors (Lipinski definition) is 2. The van der Waals surface area contributed by atoms with Crippen LogP contribution in [-0.4, -0.2) is 0 Å². The number of fused-ring (bicyclic) bond motifs is 1. The molecule has 2 heterocycles. The molecule has 2 rings (SSSR count). The molecule has 0 spiro atoms. The summed E-state index contributed by atoms with van der Waals surface area (Å²) in [5, 5.41) is 2.18. The highest BCUT2D eigenvalue weighted by atomic mass is 32.2. The quantitative estimate of drug-likeness (QED) is 0.536. The molecule has 0 unspecified atom stereocenters. The van der Waals surface area contributed by atoms with E-state index in [0.717, 1.165) is 0 Å². The predicted molar refractivity (Wildman–Crippen MR) is 39.3 cm³/mol. The Labute approximate surface area is 56.9 Å². The van der Waals surface area contributed by atoms with Gasteiger partial charge in [0.15, 0.2) is 0 Å². The molecule has 1 aliphatic rings. The van der Waals surface area contributed by atoms with E-state index in [1.54, 1.807) is 10.4 Å². The minimum Gasteiger partial charge on any atom is -0.152 e. The third-order valence-corrected chi connectivity index (χ3v) is 3.48. The summed E-state index contributed by atoms with van der Waals surface area (Å²) < 4.78 is 0. The van der Waals surface area contributed by atoms with Crippen molar-refractivity contribution < 1.29 is 0 Å². The van der Waals surface area contributed by atoms with Crippen LogP contribution < -0.4 is 0 Å². The smallest absolute Gasteiger partial charge is 0.0285 e. The average molecular weight is 142 g/mol. The molecule has 0 bridgehead atoms. The van der Waals surface area contributed by atoms with Gasteiger partial charge in [-0.2, -0.15) is 11.8 Å². The molecule has 0 N–H and O–H groups in total. The Hall–Kier alpha value is 0.0500. The standard InChI is InChI=1S/C6H6S2/c1-2-8-6-4-7-3-5(1)6/h1-2H,3-4H2.